The van der Waals surface area contributed by atoms with Crippen LogP contribution in [0.15, 0.2) is 131 Å². The molecule has 2 unspecified atom stereocenters. The van der Waals surface area contributed by atoms with Crippen LogP contribution in [0.4, 0.5) is 22.7 Å². The summed E-state index contributed by atoms with van der Waals surface area (Å²) in [6, 6.07) is 43.4. The van der Waals surface area contributed by atoms with Crippen molar-refractivity contribution < 1.29 is 57.5 Å². The van der Waals surface area contributed by atoms with Crippen LogP contribution in [0.1, 0.15) is 248 Å². The third-order valence-corrected chi connectivity index (χ3v) is 15.8. The van der Waals surface area contributed by atoms with Crippen molar-refractivity contribution in [2.75, 3.05) is 14.1 Å². The Labute approximate surface area is 541 Å². The summed E-state index contributed by atoms with van der Waals surface area (Å²) >= 11 is 0. The van der Waals surface area contributed by atoms with E-state index in [9.17, 15) is 0 Å². The fourth-order valence-electron chi connectivity index (χ4n) is 11.2. The summed E-state index contributed by atoms with van der Waals surface area (Å²) < 4.78 is 0. The van der Waals surface area contributed by atoms with Gasteiger partial charge in [0.15, 0.2) is 12.4 Å². The van der Waals surface area contributed by atoms with E-state index in [0.717, 1.165) is 71.7 Å². The Bertz CT molecular complexity index is 2940. The van der Waals surface area contributed by atoms with Gasteiger partial charge in [0.1, 0.15) is 13.1 Å². The topological polar surface area (TPSA) is 121 Å². The van der Waals surface area contributed by atoms with Crippen LogP contribution in [0.3, 0.4) is 0 Å². The number of para-hydroxylation sites is 4. The Morgan fingerprint density at radius 2 is 0.651 bits per heavy atom. The number of benzene rings is 4. The molecule has 0 radical (unpaired) electrons. The molecule has 6 N–H and O–H groups in total. The molecule has 0 amide bonds. The van der Waals surface area contributed by atoms with E-state index in [1.54, 1.807) is 0 Å². The molecule has 0 bridgehead atoms. The number of aromatic nitrogens is 4. The first-order valence-electron chi connectivity index (χ1n) is 31.1. The molecule has 12 heteroatoms. The predicted molar refractivity (Wildman–Crippen MR) is 354 cm³/mol. The second-order valence-electron chi connectivity index (χ2n) is 25.7. The van der Waals surface area contributed by atoms with Gasteiger partial charge in [0.2, 0.25) is 11.4 Å². The Hall–Kier alpha value is -6.21. The quantitative estimate of drug-likeness (QED) is 0.0305. The van der Waals surface area contributed by atoms with E-state index >= 15 is 0 Å². The summed E-state index contributed by atoms with van der Waals surface area (Å²) in [5, 5.41) is 0. The van der Waals surface area contributed by atoms with E-state index in [0.29, 0.717) is 47.3 Å². The summed E-state index contributed by atoms with van der Waals surface area (Å²) in [6.07, 6.45) is 8.04. The van der Waals surface area contributed by atoms with Crippen LogP contribution in [-0.2, 0) is 26.2 Å². The zero-order chi connectivity index (χ0) is 60.8. The first-order valence-corrected chi connectivity index (χ1v) is 31.1. The van der Waals surface area contributed by atoms with E-state index < -0.39 is 0 Å². The van der Waals surface area contributed by atoms with Crippen LogP contribution in [0, 0.1) is 0 Å². The first kappa shape index (κ1) is 70.6. The molecule has 0 aliphatic heterocycles. The van der Waals surface area contributed by atoms with E-state index in [1.165, 1.54) is 77.1 Å². The number of quaternary nitrogens is 2. The van der Waals surface area contributed by atoms with E-state index in [-0.39, 0.29) is 37.7 Å². The molecule has 4 heterocycles. The van der Waals surface area contributed by atoms with Crippen molar-refractivity contribution in [1.29, 1.82) is 0 Å². The van der Waals surface area contributed by atoms with Crippen molar-refractivity contribution >= 4 is 47.6 Å². The zero-order valence-corrected chi connectivity index (χ0v) is 56.1. The number of rotatable bonds is 24. The maximum atomic E-state index is 4.97. The third-order valence-electron chi connectivity index (χ3n) is 15.8. The van der Waals surface area contributed by atoms with Crippen molar-refractivity contribution in [2.24, 2.45) is 9.98 Å². The average molecular weight is 1140 g/mol. The number of H-pyrrole nitrogens is 2. The van der Waals surface area contributed by atoms with Gasteiger partial charge in [-0.05, 0) is 93.9 Å². The number of aromatic amines is 2. The molecule has 86 heavy (non-hydrogen) atoms. The molecule has 8 aromatic rings. The largest absolute Gasteiger partial charge is 1.00 e. The van der Waals surface area contributed by atoms with E-state index in [2.05, 4.69) is 266 Å². The van der Waals surface area contributed by atoms with Crippen molar-refractivity contribution in [3.63, 3.8) is 0 Å². The summed E-state index contributed by atoms with van der Waals surface area (Å²) in [7, 11) is 4.43. The van der Waals surface area contributed by atoms with Crippen molar-refractivity contribution in [3.8, 4) is 0 Å². The molecule has 4 aromatic heterocycles. The summed E-state index contributed by atoms with van der Waals surface area (Å²) in [6.45, 7) is 39.3. The van der Waals surface area contributed by atoms with Crippen molar-refractivity contribution in [1.82, 2.24) is 19.9 Å². The molecule has 8 rings (SSSR count). The normalized spacial score (nSPS) is 12.9. The van der Waals surface area contributed by atoms with Gasteiger partial charge in [-0.25, -0.2) is 9.98 Å². The molecular formula is C74H100Li2N10+4. The molecule has 0 aliphatic rings. The van der Waals surface area contributed by atoms with Gasteiger partial charge in [0, 0.05) is 22.3 Å². The third kappa shape index (κ3) is 19.4. The van der Waals surface area contributed by atoms with E-state index in [1.807, 2.05) is 24.9 Å². The fraction of sp³-hybridized carbons (Fsp3) is 0.405. The molecule has 0 aliphatic carbocycles. The van der Waals surface area contributed by atoms with Crippen molar-refractivity contribution in [2.45, 2.75) is 184 Å². The summed E-state index contributed by atoms with van der Waals surface area (Å²) in [5.41, 5.74) is 23.8. The minimum atomic E-state index is 0. The van der Waals surface area contributed by atoms with Gasteiger partial charge in [-0.3, -0.25) is 9.98 Å². The fourth-order valence-corrected chi connectivity index (χ4v) is 11.2. The maximum Gasteiger partial charge on any atom is 1.00 e. The number of hydrogen-bond acceptors (Lipinski definition) is 2. The van der Waals surface area contributed by atoms with Crippen LogP contribution in [0.25, 0.3) is 0 Å². The van der Waals surface area contributed by atoms with Gasteiger partial charge in [-0.2, -0.15) is 0 Å². The molecule has 0 fully saturated rings. The molecule has 4 aromatic carbocycles. The Morgan fingerprint density at radius 1 is 0.372 bits per heavy atom. The molecule has 0 saturated carbocycles. The average Bonchev–Trinajstić information content (AvgIpc) is 4.43. The SMILES string of the molecule is CC(C)c1cccc(C(C)C)c1N=Cc1ccc(C[NH+](C)Cc2ccc(C=[NH+]c3c(C(C)C)cccc3C(C)C)[n-]2)[nH]1.CC(C)c1cccc(C(C)C)c1N=Cc1ccc(C[NH+](C)Cc2ccc(C=[NH+]c3c(C(C)C)cccc3C(C)C)[n-]2)[nH]1.[Li+].[Li+]. The second-order valence-corrected chi connectivity index (χ2v) is 25.7. The van der Waals surface area contributed by atoms with Crippen molar-refractivity contribution in [3.05, 3.63) is 211 Å². The van der Waals surface area contributed by atoms with Crippen LogP contribution >= 0.6 is 0 Å². The van der Waals surface area contributed by atoms with Crippen LogP contribution in [0.5, 0.6) is 0 Å². The molecule has 444 valence electrons. The van der Waals surface area contributed by atoms with Gasteiger partial charge in [-0.15, -0.1) is 11.4 Å². The molecule has 2 atom stereocenters. The molecule has 0 saturated heterocycles. The maximum absolute atomic E-state index is 4.97. The number of hydrogen-bond donors (Lipinski definition) is 6. The van der Waals surface area contributed by atoms with Gasteiger partial charge < -0.3 is 29.7 Å². The number of nitrogens with zero attached hydrogens (tertiary/aromatic N) is 4. The van der Waals surface area contributed by atoms with Gasteiger partial charge >= 0.3 is 37.7 Å². The minimum Gasteiger partial charge on any atom is -0.652 e. The monoisotopic (exact) mass is 1140 g/mol. The molecule has 0 spiro atoms. The van der Waals surface area contributed by atoms with E-state index in [4.69, 9.17) is 20.0 Å². The van der Waals surface area contributed by atoms with Crippen LogP contribution in [-0.4, -0.2) is 48.9 Å². The first-order chi connectivity index (χ1) is 40.1. The van der Waals surface area contributed by atoms with Crippen LogP contribution < -0.4 is 67.5 Å². The Balaban J connectivity index is 0.000000307. The Morgan fingerprint density at radius 3 is 0.930 bits per heavy atom. The summed E-state index contributed by atoms with van der Waals surface area (Å²) in [4.78, 5) is 36.8. The number of nitrogens with one attached hydrogen (secondary N) is 6. The summed E-state index contributed by atoms with van der Waals surface area (Å²) in [5.74, 6) is 3.53. The molecular weight excluding hydrogens is 1040 g/mol. The molecule has 10 nitrogen and oxygen atoms in total. The smallest absolute Gasteiger partial charge is 0.652 e. The zero-order valence-electron chi connectivity index (χ0n) is 56.1. The standard InChI is InChI=1S/2C37H48N5.2Li/c2*1-24(2)32-12-10-13-33(25(3)4)36(32)38-20-28-16-18-30(40-28)22-42(9)23-31-19-17-29(41-31)21-39-37-34(26(5)6)14-11-15-35(37)27(7)8;;/h2*10-21,24-27,40H,22-23H2,1-9H3;;/q2*-1;2*+1/p+4. The number of aliphatic imine (C=N–C) groups is 2. The minimum absolute atomic E-state index is 0. The van der Waals surface area contributed by atoms with Gasteiger partial charge in [0.25, 0.3) is 0 Å². The second kappa shape index (κ2) is 33.2. The Kier molecular flexibility index (Phi) is 27.3. The van der Waals surface area contributed by atoms with Gasteiger partial charge in [0.05, 0.1) is 73.8 Å². The van der Waals surface area contributed by atoms with Gasteiger partial charge in [-0.1, -0.05) is 219 Å². The van der Waals surface area contributed by atoms with Crippen LogP contribution in [0.2, 0.25) is 0 Å². The predicted octanol–water partition coefficient (Wildman–Crippen LogP) is 6.53.